The van der Waals surface area contributed by atoms with Crippen molar-refractivity contribution < 1.29 is 9.53 Å². The Bertz CT molecular complexity index is 609. The molecule has 2 aliphatic rings. The van der Waals surface area contributed by atoms with Crippen molar-refractivity contribution in [2.45, 2.75) is 52.2 Å². The number of hydrogen-bond acceptors (Lipinski definition) is 4. The molecule has 1 atom stereocenters. The van der Waals surface area contributed by atoms with Crippen LogP contribution >= 0.6 is 0 Å². The average Bonchev–Trinajstić information content (AvgIpc) is 3.03. The number of aryl methyl sites for hydroxylation is 1. The second-order valence-electron chi connectivity index (χ2n) is 8.19. The highest BCUT2D eigenvalue weighted by Gasteiger charge is 2.29. The molecule has 25 heavy (non-hydrogen) atoms. The molecular formula is C20H31N3O2. The van der Waals surface area contributed by atoms with Gasteiger partial charge in [0.15, 0.2) is 0 Å². The number of carbonyl (C=O) groups is 1. The van der Waals surface area contributed by atoms with Crippen molar-refractivity contribution in [3.63, 3.8) is 0 Å². The number of carbonyl (C=O) groups excluding carboxylic acids is 1. The predicted octanol–water partition coefficient (Wildman–Crippen LogP) is 3.39. The van der Waals surface area contributed by atoms with Crippen molar-refractivity contribution in [2.75, 3.05) is 31.5 Å². The zero-order valence-corrected chi connectivity index (χ0v) is 15.7. The number of para-hydroxylation sites is 1. The van der Waals surface area contributed by atoms with Crippen LogP contribution in [0.2, 0.25) is 0 Å². The van der Waals surface area contributed by atoms with Gasteiger partial charge in [-0.1, -0.05) is 18.2 Å². The van der Waals surface area contributed by atoms with Crippen molar-refractivity contribution in [1.29, 1.82) is 0 Å². The summed E-state index contributed by atoms with van der Waals surface area (Å²) < 4.78 is 5.46. The van der Waals surface area contributed by atoms with Crippen molar-refractivity contribution in [1.82, 2.24) is 10.2 Å². The normalized spacial score (nSPS) is 20.1. The van der Waals surface area contributed by atoms with Crippen molar-refractivity contribution in [3.8, 4) is 0 Å². The lowest BCUT2D eigenvalue weighted by molar-refractivity contribution is 0.0288. The van der Waals surface area contributed by atoms with E-state index in [1.54, 1.807) is 0 Å². The van der Waals surface area contributed by atoms with E-state index >= 15 is 0 Å². The third-order valence-corrected chi connectivity index (χ3v) is 4.85. The van der Waals surface area contributed by atoms with E-state index < -0.39 is 5.60 Å². The lowest BCUT2D eigenvalue weighted by atomic mass is 9.99. The molecular weight excluding hydrogens is 314 g/mol. The van der Waals surface area contributed by atoms with Crippen LogP contribution in [0.4, 0.5) is 10.5 Å². The molecule has 0 bridgehead atoms. The molecule has 2 heterocycles. The first-order chi connectivity index (χ1) is 11.9. The van der Waals surface area contributed by atoms with Gasteiger partial charge in [-0.3, -0.25) is 0 Å². The van der Waals surface area contributed by atoms with Gasteiger partial charge in [0, 0.05) is 38.4 Å². The van der Waals surface area contributed by atoms with Crippen LogP contribution in [0.3, 0.4) is 0 Å². The fourth-order valence-electron chi connectivity index (χ4n) is 3.63. The van der Waals surface area contributed by atoms with Crippen LogP contribution < -0.4 is 10.6 Å². The number of hydrogen-bond donors (Lipinski definition) is 2. The molecule has 1 fully saturated rings. The summed E-state index contributed by atoms with van der Waals surface area (Å²) in [6, 6.07) is 6.58. The van der Waals surface area contributed by atoms with E-state index in [0.717, 1.165) is 39.1 Å². The maximum Gasteiger partial charge on any atom is 0.410 e. The molecule has 1 amide bonds. The SMILES string of the molecule is CC(C)(C)OC(=O)N1CCC(CNCc2cccc3c2NCCC3)C1. The first-order valence-corrected chi connectivity index (χ1v) is 9.45. The molecule has 138 valence electrons. The molecule has 1 saturated heterocycles. The molecule has 2 aliphatic heterocycles. The van der Waals surface area contributed by atoms with E-state index in [9.17, 15) is 4.79 Å². The zero-order valence-electron chi connectivity index (χ0n) is 15.7. The molecule has 1 aromatic carbocycles. The van der Waals surface area contributed by atoms with Gasteiger partial charge in [0.1, 0.15) is 5.60 Å². The lowest BCUT2D eigenvalue weighted by Crippen LogP contribution is -2.36. The Balaban J connectivity index is 1.45. The number of nitrogens with one attached hydrogen (secondary N) is 2. The molecule has 5 heteroatoms. The van der Waals surface area contributed by atoms with Gasteiger partial charge in [-0.25, -0.2) is 4.79 Å². The maximum absolute atomic E-state index is 12.1. The molecule has 0 aromatic heterocycles. The fourth-order valence-corrected chi connectivity index (χ4v) is 3.63. The molecule has 0 radical (unpaired) electrons. The summed E-state index contributed by atoms with van der Waals surface area (Å²) in [7, 11) is 0. The highest BCUT2D eigenvalue weighted by molar-refractivity contribution is 5.68. The van der Waals surface area contributed by atoms with E-state index in [4.69, 9.17) is 4.74 Å². The third kappa shape index (κ3) is 4.88. The topological polar surface area (TPSA) is 53.6 Å². The van der Waals surface area contributed by atoms with E-state index in [0.29, 0.717) is 5.92 Å². The number of amides is 1. The monoisotopic (exact) mass is 345 g/mol. The van der Waals surface area contributed by atoms with Crippen molar-refractivity contribution in [2.24, 2.45) is 5.92 Å². The van der Waals surface area contributed by atoms with Gasteiger partial charge < -0.3 is 20.3 Å². The first-order valence-electron chi connectivity index (χ1n) is 9.45. The molecule has 3 rings (SSSR count). The van der Waals surface area contributed by atoms with Crippen LogP contribution in [0, 0.1) is 5.92 Å². The van der Waals surface area contributed by atoms with Crippen LogP contribution in [0.15, 0.2) is 18.2 Å². The largest absolute Gasteiger partial charge is 0.444 e. The van der Waals surface area contributed by atoms with Gasteiger partial charge in [-0.15, -0.1) is 0 Å². The lowest BCUT2D eigenvalue weighted by Gasteiger charge is -2.24. The summed E-state index contributed by atoms with van der Waals surface area (Å²) in [4.78, 5) is 14.0. The van der Waals surface area contributed by atoms with E-state index in [-0.39, 0.29) is 6.09 Å². The maximum atomic E-state index is 12.1. The Morgan fingerprint density at radius 2 is 2.24 bits per heavy atom. The summed E-state index contributed by atoms with van der Waals surface area (Å²) in [5.41, 5.74) is 3.68. The number of rotatable bonds is 4. The smallest absolute Gasteiger partial charge is 0.410 e. The highest BCUT2D eigenvalue weighted by atomic mass is 16.6. The standard InChI is InChI=1S/C20H31N3O2/c1-20(2,3)25-19(24)23-11-9-15(14-23)12-21-13-17-7-4-6-16-8-5-10-22-18(16)17/h4,6-7,15,21-22H,5,8-14H2,1-3H3. The minimum atomic E-state index is -0.424. The first kappa shape index (κ1) is 18.1. The van der Waals surface area contributed by atoms with Gasteiger partial charge in [0.05, 0.1) is 0 Å². The molecule has 2 N–H and O–H groups in total. The summed E-state index contributed by atoms with van der Waals surface area (Å²) in [6.45, 7) is 10.2. The molecule has 0 aliphatic carbocycles. The number of anilines is 1. The highest BCUT2D eigenvalue weighted by Crippen LogP contribution is 2.26. The van der Waals surface area contributed by atoms with Crippen molar-refractivity contribution in [3.05, 3.63) is 29.3 Å². The Morgan fingerprint density at radius 1 is 1.40 bits per heavy atom. The molecule has 0 spiro atoms. The van der Waals surface area contributed by atoms with E-state index in [1.807, 2.05) is 25.7 Å². The van der Waals surface area contributed by atoms with Gasteiger partial charge in [0.25, 0.3) is 0 Å². The Hall–Kier alpha value is -1.75. The molecule has 0 saturated carbocycles. The number of likely N-dealkylation sites (tertiary alicyclic amines) is 1. The van der Waals surface area contributed by atoms with Crippen molar-refractivity contribution >= 4 is 11.8 Å². The summed E-state index contributed by atoms with van der Waals surface area (Å²) in [5, 5.41) is 7.13. The number of fused-ring (bicyclic) bond motifs is 1. The Morgan fingerprint density at radius 3 is 3.04 bits per heavy atom. The summed E-state index contributed by atoms with van der Waals surface area (Å²) >= 11 is 0. The second-order valence-corrected chi connectivity index (χ2v) is 8.19. The number of nitrogens with zero attached hydrogens (tertiary/aromatic N) is 1. The summed E-state index contributed by atoms with van der Waals surface area (Å²) in [5.74, 6) is 0.500. The minimum absolute atomic E-state index is 0.184. The zero-order chi connectivity index (χ0) is 17.9. The van der Waals surface area contributed by atoms with Gasteiger partial charge >= 0.3 is 6.09 Å². The fraction of sp³-hybridized carbons (Fsp3) is 0.650. The number of ether oxygens (including phenoxy) is 1. The van der Waals surface area contributed by atoms with Crippen LogP contribution in [-0.2, 0) is 17.7 Å². The molecule has 1 aromatic rings. The second kappa shape index (κ2) is 7.65. The van der Waals surface area contributed by atoms with Crippen LogP contribution in [0.25, 0.3) is 0 Å². The van der Waals surface area contributed by atoms with E-state index in [2.05, 4.69) is 28.8 Å². The number of benzene rings is 1. The summed E-state index contributed by atoms with van der Waals surface area (Å²) in [6.07, 6.45) is 3.24. The van der Waals surface area contributed by atoms with Gasteiger partial charge in [0.2, 0.25) is 0 Å². The Kier molecular flexibility index (Phi) is 5.52. The van der Waals surface area contributed by atoms with E-state index in [1.165, 1.54) is 29.7 Å². The van der Waals surface area contributed by atoms with Gasteiger partial charge in [-0.2, -0.15) is 0 Å². The quantitative estimate of drug-likeness (QED) is 0.878. The minimum Gasteiger partial charge on any atom is -0.444 e. The Labute approximate surface area is 151 Å². The predicted molar refractivity (Wildman–Crippen MR) is 101 cm³/mol. The van der Waals surface area contributed by atoms with Crippen LogP contribution in [0.1, 0.15) is 44.7 Å². The molecule has 5 nitrogen and oxygen atoms in total. The van der Waals surface area contributed by atoms with Gasteiger partial charge in [-0.05, 0) is 57.1 Å². The molecule has 1 unspecified atom stereocenters. The average molecular weight is 345 g/mol. The van der Waals surface area contributed by atoms with Crippen LogP contribution in [0.5, 0.6) is 0 Å². The van der Waals surface area contributed by atoms with Crippen LogP contribution in [-0.4, -0.2) is 42.8 Å². The third-order valence-electron chi connectivity index (χ3n) is 4.85.